The van der Waals surface area contributed by atoms with Crippen LogP contribution in [0.2, 0.25) is 0 Å². The minimum atomic E-state index is -0.494. The van der Waals surface area contributed by atoms with Crippen molar-refractivity contribution in [2.45, 2.75) is 20.3 Å². The Labute approximate surface area is 105 Å². The van der Waals surface area contributed by atoms with E-state index in [-0.39, 0.29) is 36.0 Å². The van der Waals surface area contributed by atoms with Crippen LogP contribution in [-0.4, -0.2) is 70.3 Å². The molecule has 0 aromatic heterocycles. The second-order valence-electron chi connectivity index (χ2n) is 2.74. The van der Waals surface area contributed by atoms with Gasteiger partial charge in [-0.15, -0.1) is 0 Å². The van der Waals surface area contributed by atoms with Crippen LogP contribution in [0.3, 0.4) is 0 Å². The third kappa shape index (κ3) is 2.34. The molecule has 0 spiro atoms. The van der Waals surface area contributed by atoms with E-state index in [1.54, 1.807) is 13.8 Å². The minimum absolute atomic E-state index is 0. The number of carbonyl (C=O) groups is 3. The van der Waals surface area contributed by atoms with Crippen LogP contribution in [-0.2, 0) is 9.59 Å². The van der Waals surface area contributed by atoms with Gasteiger partial charge in [0.25, 0.3) is 0 Å². The van der Waals surface area contributed by atoms with E-state index in [1.807, 2.05) is 0 Å². The number of nitrogens with zero attached hydrogens (tertiary/aromatic N) is 2. The molecule has 1 fully saturated rings. The first-order valence-electron chi connectivity index (χ1n) is 4.26. The van der Waals surface area contributed by atoms with E-state index < -0.39 is 17.8 Å². The number of barbiturate groups is 1. The number of rotatable bonds is 2. The quantitative estimate of drug-likeness (QED) is 0.456. The van der Waals surface area contributed by atoms with E-state index in [1.165, 1.54) is 0 Å². The summed E-state index contributed by atoms with van der Waals surface area (Å²) < 4.78 is 0. The Balaban J connectivity index is 0.00000169. The van der Waals surface area contributed by atoms with Crippen molar-refractivity contribution in [3.8, 4) is 0 Å². The zero-order valence-electron chi connectivity index (χ0n) is 7.74. The van der Waals surface area contributed by atoms with Gasteiger partial charge in [0.1, 0.15) is 6.42 Å². The average Bonchev–Trinajstić information content (AvgIpc) is 2.04. The van der Waals surface area contributed by atoms with E-state index in [4.69, 9.17) is 0 Å². The second-order valence-corrected chi connectivity index (χ2v) is 2.74. The van der Waals surface area contributed by atoms with Gasteiger partial charge in [-0.05, 0) is 13.8 Å². The SMILES string of the molecule is CCN1C(=O)CC(=O)N(CC)C1=O.[NaH]. The maximum atomic E-state index is 11.4. The van der Waals surface area contributed by atoms with E-state index in [0.29, 0.717) is 13.1 Å². The monoisotopic (exact) mass is 208 g/mol. The number of hydrogen-bond donors (Lipinski definition) is 0. The summed E-state index contributed by atoms with van der Waals surface area (Å²) in [4.78, 5) is 35.9. The Bertz CT molecular complexity index is 243. The molecule has 0 aliphatic carbocycles. The van der Waals surface area contributed by atoms with Crippen LogP contribution in [0.4, 0.5) is 4.79 Å². The van der Waals surface area contributed by atoms with Crippen molar-refractivity contribution in [1.29, 1.82) is 0 Å². The van der Waals surface area contributed by atoms with Crippen molar-refractivity contribution >= 4 is 47.4 Å². The molecule has 0 radical (unpaired) electrons. The zero-order chi connectivity index (χ0) is 10.0. The van der Waals surface area contributed by atoms with E-state index in [0.717, 1.165) is 9.80 Å². The molecule has 6 heteroatoms. The molecule has 0 bridgehead atoms. The molecule has 1 rings (SSSR count). The fourth-order valence-corrected chi connectivity index (χ4v) is 1.30. The third-order valence-corrected chi connectivity index (χ3v) is 2.00. The van der Waals surface area contributed by atoms with Crippen LogP contribution in [0.25, 0.3) is 0 Å². The molecule has 0 aromatic rings. The van der Waals surface area contributed by atoms with Gasteiger partial charge in [-0.2, -0.15) is 0 Å². The molecule has 4 amide bonds. The molecule has 1 heterocycles. The van der Waals surface area contributed by atoms with Crippen molar-refractivity contribution in [2.24, 2.45) is 0 Å². The molecule has 5 nitrogen and oxygen atoms in total. The first-order chi connectivity index (χ1) is 6.11. The Hall–Kier alpha value is -0.390. The van der Waals surface area contributed by atoms with Crippen LogP contribution >= 0.6 is 0 Å². The summed E-state index contributed by atoms with van der Waals surface area (Å²) in [5.74, 6) is -0.801. The Kier molecular flexibility index (Phi) is 5.33. The molecular weight excluding hydrogens is 195 g/mol. The molecule has 0 unspecified atom stereocenters. The van der Waals surface area contributed by atoms with Gasteiger partial charge in [-0.25, -0.2) is 4.79 Å². The molecular formula is C8H13N2NaO3. The molecule has 1 saturated heterocycles. The van der Waals surface area contributed by atoms with Gasteiger partial charge in [0, 0.05) is 13.1 Å². The number of hydrogen-bond acceptors (Lipinski definition) is 3. The molecule has 1 aliphatic heterocycles. The fourth-order valence-electron chi connectivity index (χ4n) is 1.30. The third-order valence-electron chi connectivity index (χ3n) is 2.00. The Morgan fingerprint density at radius 2 is 1.36 bits per heavy atom. The maximum absolute atomic E-state index is 11.4. The van der Waals surface area contributed by atoms with Gasteiger partial charge in [0.05, 0.1) is 0 Å². The average molecular weight is 208 g/mol. The van der Waals surface area contributed by atoms with Crippen LogP contribution in [0.5, 0.6) is 0 Å². The van der Waals surface area contributed by atoms with Crippen LogP contribution in [0.1, 0.15) is 20.3 Å². The summed E-state index contributed by atoms with van der Waals surface area (Å²) in [5.41, 5.74) is 0. The van der Waals surface area contributed by atoms with Crippen LogP contribution in [0.15, 0.2) is 0 Å². The summed E-state index contributed by atoms with van der Waals surface area (Å²) in [6, 6.07) is -0.494. The molecule has 1 aliphatic rings. The molecule has 0 N–H and O–H groups in total. The summed E-state index contributed by atoms with van der Waals surface area (Å²) in [6.07, 6.45) is -0.187. The number of imide groups is 2. The predicted octanol–water partition coefficient (Wildman–Crippen LogP) is -0.441. The van der Waals surface area contributed by atoms with Crippen molar-refractivity contribution < 1.29 is 14.4 Å². The number of urea groups is 1. The predicted molar refractivity (Wildman–Crippen MR) is 51.9 cm³/mol. The van der Waals surface area contributed by atoms with Crippen LogP contribution < -0.4 is 0 Å². The van der Waals surface area contributed by atoms with Gasteiger partial charge in [-0.3, -0.25) is 19.4 Å². The fraction of sp³-hybridized carbons (Fsp3) is 0.625. The van der Waals surface area contributed by atoms with Gasteiger partial charge < -0.3 is 0 Å². The summed E-state index contributed by atoms with van der Waals surface area (Å²) in [5, 5.41) is 0. The molecule has 0 atom stereocenters. The van der Waals surface area contributed by atoms with E-state index >= 15 is 0 Å². The van der Waals surface area contributed by atoms with Gasteiger partial charge in [0.15, 0.2) is 0 Å². The number of amides is 4. The second kappa shape index (κ2) is 5.48. The van der Waals surface area contributed by atoms with Gasteiger partial charge >= 0.3 is 35.6 Å². The number of carbonyl (C=O) groups excluding carboxylic acids is 3. The molecule has 14 heavy (non-hydrogen) atoms. The first-order valence-corrected chi connectivity index (χ1v) is 4.26. The summed E-state index contributed by atoms with van der Waals surface area (Å²) in [6.45, 7) is 4.06. The first kappa shape index (κ1) is 13.6. The summed E-state index contributed by atoms with van der Waals surface area (Å²) in [7, 11) is 0. The molecule has 0 saturated carbocycles. The van der Waals surface area contributed by atoms with Gasteiger partial charge in [-0.1, -0.05) is 0 Å². The topological polar surface area (TPSA) is 57.7 Å². The van der Waals surface area contributed by atoms with Crippen molar-refractivity contribution in [2.75, 3.05) is 13.1 Å². The molecule has 74 valence electrons. The van der Waals surface area contributed by atoms with Crippen LogP contribution in [0, 0.1) is 0 Å². The van der Waals surface area contributed by atoms with Crippen molar-refractivity contribution in [3.05, 3.63) is 0 Å². The Morgan fingerprint density at radius 1 is 1.00 bits per heavy atom. The van der Waals surface area contributed by atoms with E-state index in [2.05, 4.69) is 0 Å². The molecule has 0 aromatic carbocycles. The summed E-state index contributed by atoms with van der Waals surface area (Å²) >= 11 is 0. The van der Waals surface area contributed by atoms with E-state index in [9.17, 15) is 14.4 Å². The standard InChI is InChI=1S/C8H12N2O3.Na.H/c1-3-9-6(11)5-7(12)10(4-2)8(9)13;;/h3-5H2,1-2H3;;. The normalized spacial score (nSPS) is 17.1. The van der Waals surface area contributed by atoms with Crippen molar-refractivity contribution in [1.82, 2.24) is 9.80 Å². The Morgan fingerprint density at radius 3 is 1.64 bits per heavy atom. The van der Waals surface area contributed by atoms with Gasteiger partial charge in [0.2, 0.25) is 11.8 Å². The van der Waals surface area contributed by atoms with Crippen molar-refractivity contribution in [3.63, 3.8) is 0 Å². The zero-order valence-corrected chi connectivity index (χ0v) is 7.74.